The number of alkyl halides is 1. The molecule has 1 aliphatic heterocycles. The number of ketones is 1. The number of carbonyl (C=O) groups is 4. The van der Waals surface area contributed by atoms with Gasteiger partial charge >= 0.3 is 0 Å². The SMILES string of the molecule is CCn1nc(C)cc1C(=O)Cc1nc2cc(C(N)=O)cc(OCCCN3CCC[C@H]3COC(C)F)c2n1C/C=C/Cn1c(NC(=O)c2cc(C)nn2CC)nc2cc(C(N)=O)cnc21. The summed E-state index contributed by atoms with van der Waals surface area (Å²) in [5, 5.41) is 11.7. The summed E-state index contributed by atoms with van der Waals surface area (Å²) < 4.78 is 32.0. The maximum absolute atomic E-state index is 13.9. The zero-order chi connectivity index (χ0) is 45.7. The highest BCUT2D eigenvalue weighted by molar-refractivity contribution is 6.03. The number of hydrogen-bond donors (Lipinski definition) is 3. The predicted octanol–water partition coefficient (Wildman–Crippen LogP) is 4.53. The zero-order valence-corrected chi connectivity index (χ0v) is 36.7. The van der Waals surface area contributed by atoms with Gasteiger partial charge in [0.15, 0.2) is 17.8 Å². The number of Topliss-reactive ketones (excluding diaryl/α,β-unsaturated/α-hetero) is 1. The number of aryl methyl sites for hydroxylation is 4. The van der Waals surface area contributed by atoms with E-state index in [-0.39, 0.29) is 55.0 Å². The van der Waals surface area contributed by atoms with Crippen LogP contribution in [0.2, 0.25) is 0 Å². The summed E-state index contributed by atoms with van der Waals surface area (Å²) in [7, 11) is 0. The highest BCUT2D eigenvalue weighted by atomic mass is 19.1. The number of fused-ring (bicyclic) bond motifs is 2. The molecule has 19 nitrogen and oxygen atoms in total. The Morgan fingerprint density at radius 1 is 0.906 bits per heavy atom. The third-order valence-corrected chi connectivity index (χ3v) is 11.1. The number of primary amides is 2. The van der Waals surface area contributed by atoms with Crippen LogP contribution in [0.4, 0.5) is 10.3 Å². The molecule has 5 N–H and O–H groups in total. The summed E-state index contributed by atoms with van der Waals surface area (Å²) in [5.74, 6) is -0.988. The first-order valence-electron chi connectivity index (χ1n) is 21.4. The van der Waals surface area contributed by atoms with Crippen LogP contribution in [0.5, 0.6) is 5.75 Å². The molecule has 0 radical (unpaired) electrons. The van der Waals surface area contributed by atoms with E-state index in [9.17, 15) is 23.6 Å². The molecule has 64 heavy (non-hydrogen) atoms. The Labute approximate surface area is 368 Å². The second-order valence-corrected chi connectivity index (χ2v) is 15.7. The fourth-order valence-electron chi connectivity index (χ4n) is 8.09. The minimum atomic E-state index is -1.33. The summed E-state index contributed by atoms with van der Waals surface area (Å²) in [6, 6.07) is 8.25. The molecule has 2 atom stereocenters. The molecule has 6 heterocycles. The minimum Gasteiger partial charge on any atom is -0.491 e. The van der Waals surface area contributed by atoms with Crippen molar-refractivity contribution >= 4 is 51.7 Å². The quantitative estimate of drug-likeness (QED) is 0.0514. The van der Waals surface area contributed by atoms with Gasteiger partial charge in [0.1, 0.15) is 34.0 Å². The van der Waals surface area contributed by atoms with E-state index in [2.05, 4.69) is 30.4 Å². The number of hydrogen-bond acceptors (Lipinski definition) is 12. The van der Waals surface area contributed by atoms with Gasteiger partial charge in [-0.05, 0) is 90.8 Å². The Morgan fingerprint density at radius 3 is 2.27 bits per heavy atom. The molecule has 3 amide bonds. The average Bonchev–Trinajstić information content (AvgIpc) is 4.10. The molecule has 6 aromatic rings. The second kappa shape index (κ2) is 19.7. The fraction of sp³-hybridized carbons (Fsp3) is 0.432. The normalized spacial score (nSPS) is 14.9. The summed E-state index contributed by atoms with van der Waals surface area (Å²) in [6.45, 7) is 12.4. The van der Waals surface area contributed by atoms with Crippen LogP contribution < -0.4 is 21.5 Å². The van der Waals surface area contributed by atoms with Gasteiger partial charge in [-0.15, -0.1) is 0 Å². The molecule has 20 heteroatoms. The number of pyridine rings is 1. The molecule has 1 aromatic carbocycles. The van der Waals surface area contributed by atoms with Crippen LogP contribution >= 0.6 is 0 Å². The van der Waals surface area contributed by atoms with Crippen LogP contribution in [0.3, 0.4) is 0 Å². The van der Waals surface area contributed by atoms with E-state index in [0.717, 1.165) is 19.4 Å². The first kappa shape index (κ1) is 45.2. The van der Waals surface area contributed by atoms with E-state index in [1.165, 1.54) is 19.2 Å². The maximum atomic E-state index is 13.9. The van der Waals surface area contributed by atoms with Crippen molar-refractivity contribution in [3.8, 4) is 5.75 Å². The predicted molar refractivity (Wildman–Crippen MR) is 236 cm³/mol. The first-order chi connectivity index (χ1) is 30.7. The fourth-order valence-corrected chi connectivity index (χ4v) is 8.09. The van der Waals surface area contributed by atoms with Crippen LogP contribution in [0, 0.1) is 13.8 Å². The summed E-state index contributed by atoms with van der Waals surface area (Å²) >= 11 is 0. The topological polar surface area (TPSA) is 238 Å². The van der Waals surface area contributed by atoms with Crippen molar-refractivity contribution in [2.75, 3.05) is 31.6 Å². The lowest BCUT2D eigenvalue weighted by molar-refractivity contribution is -0.0450. The summed E-state index contributed by atoms with van der Waals surface area (Å²) in [6.07, 6.45) is 6.22. The number of benzene rings is 1. The Morgan fingerprint density at radius 2 is 1.58 bits per heavy atom. The van der Waals surface area contributed by atoms with E-state index < -0.39 is 24.1 Å². The molecule has 7 rings (SSSR count). The number of likely N-dealkylation sites (tertiary alicyclic amines) is 1. The number of nitrogens with zero attached hydrogens (tertiary/aromatic N) is 10. The lowest BCUT2D eigenvalue weighted by atomic mass is 10.1. The van der Waals surface area contributed by atoms with Gasteiger partial charge in [0, 0.05) is 50.5 Å². The molecule has 1 aliphatic rings. The van der Waals surface area contributed by atoms with Crippen LogP contribution in [-0.2, 0) is 37.3 Å². The number of carbonyl (C=O) groups excluding carboxylic acids is 4. The molecule has 1 saturated heterocycles. The van der Waals surface area contributed by atoms with Gasteiger partial charge in [-0.3, -0.25) is 43.3 Å². The highest BCUT2D eigenvalue weighted by Gasteiger charge is 2.26. The van der Waals surface area contributed by atoms with Crippen LogP contribution in [0.1, 0.15) is 98.9 Å². The lowest BCUT2D eigenvalue weighted by Gasteiger charge is -2.24. The zero-order valence-electron chi connectivity index (χ0n) is 36.7. The number of nitrogens with one attached hydrogen (secondary N) is 1. The number of halogens is 1. The van der Waals surface area contributed by atoms with Crippen molar-refractivity contribution in [1.29, 1.82) is 0 Å². The van der Waals surface area contributed by atoms with E-state index in [1.807, 2.05) is 37.5 Å². The molecule has 5 aromatic heterocycles. The van der Waals surface area contributed by atoms with Gasteiger partial charge in [0.2, 0.25) is 17.8 Å². The minimum absolute atomic E-state index is 0.0861. The Bertz CT molecular complexity index is 2730. The number of imidazole rings is 2. The van der Waals surface area contributed by atoms with E-state index >= 15 is 0 Å². The number of allylic oxidation sites excluding steroid dienone is 2. The largest absolute Gasteiger partial charge is 0.491 e. The van der Waals surface area contributed by atoms with Gasteiger partial charge in [-0.25, -0.2) is 19.3 Å². The number of aromatic nitrogens is 9. The third kappa shape index (κ3) is 10.0. The molecular weight excluding hydrogens is 826 g/mol. The van der Waals surface area contributed by atoms with Crippen molar-refractivity contribution in [1.82, 2.24) is 48.5 Å². The van der Waals surface area contributed by atoms with Crippen molar-refractivity contribution in [2.24, 2.45) is 11.5 Å². The Hall–Kier alpha value is -6.80. The van der Waals surface area contributed by atoms with Gasteiger partial charge in [0.05, 0.1) is 42.1 Å². The Balaban J connectivity index is 1.20. The van der Waals surface area contributed by atoms with Crippen molar-refractivity contribution < 1.29 is 33.0 Å². The van der Waals surface area contributed by atoms with Crippen LogP contribution in [0.15, 0.2) is 48.7 Å². The molecular formula is C44H54FN13O6. The molecule has 1 unspecified atom stereocenters. The molecule has 338 valence electrons. The number of rotatable bonds is 21. The van der Waals surface area contributed by atoms with Gasteiger partial charge in [-0.2, -0.15) is 10.2 Å². The Kier molecular flexibility index (Phi) is 13.9. The summed E-state index contributed by atoms with van der Waals surface area (Å²) in [5.41, 5.74) is 15.6. The van der Waals surface area contributed by atoms with Crippen molar-refractivity contribution in [3.63, 3.8) is 0 Å². The first-order valence-corrected chi connectivity index (χ1v) is 21.4. The summed E-state index contributed by atoms with van der Waals surface area (Å²) in [4.78, 5) is 68.4. The van der Waals surface area contributed by atoms with Crippen LogP contribution in [-0.4, -0.2) is 111 Å². The standard InChI is InChI=1S/C44H54FN13O6/c1-6-57-34(18-26(3)52-57)36(59)23-38-49-32-20-29(40(46)60)22-37(63-17-11-14-54-13-10-12-31(54)25-64-28(5)45)39(32)55(38)15-8-9-16-56-42-33(21-30(24-48-42)41(47)61)50-44(56)51-43(62)35-19-27(4)53-58(35)7-2/h8-9,18-22,24,28,31H,6-7,10-17,23,25H2,1-5H3,(H2,46,60)(H2,47,61)(H,50,51,62)/b9-8+/t28?,31-/m0/s1. The number of nitrogens with two attached hydrogens (primary N) is 2. The van der Waals surface area contributed by atoms with Crippen LogP contribution in [0.25, 0.3) is 22.2 Å². The molecule has 0 bridgehead atoms. The van der Waals surface area contributed by atoms with Gasteiger partial charge in [-0.1, -0.05) is 12.2 Å². The van der Waals surface area contributed by atoms with E-state index in [4.69, 9.17) is 25.9 Å². The number of ether oxygens (including phenoxy) is 2. The smallest absolute Gasteiger partial charge is 0.276 e. The molecule has 0 aliphatic carbocycles. The molecule has 0 spiro atoms. The highest BCUT2D eigenvalue weighted by Crippen LogP contribution is 2.31. The molecule has 0 saturated carbocycles. The van der Waals surface area contributed by atoms with E-state index in [0.29, 0.717) is 89.2 Å². The number of anilines is 1. The third-order valence-electron chi connectivity index (χ3n) is 11.1. The molecule has 1 fully saturated rings. The maximum Gasteiger partial charge on any atom is 0.276 e. The monoisotopic (exact) mass is 879 g/mol. The lowest BCUT2D eigenvalue weighted by Crippen LogP contribution is -2.35. The van der Waals surface area contributed by atoms with E-state index in [1.54, 1.807) is 45.1 Å². The van der Waals surface area contributed by atoms with Crippen molar-refractivity contribution in [3.05, 3.63) is 88.4 Å². The number of amides is 3. The van der Waals surface area contributed by atoms with Crippen molar-refractivity contribution in [2.45, 2.75) is 98.9 Å². The van der Waals surface area contributed by atoms with Gasteiger partial charge in [0.25, 0.3) is 5.91 Å². The van der Waals surface area contributed by atoms with Gasteiger partial charge < -0.3 is 25.5 Å². The second-order valence-electron chi connectivity index (χ2n) is 15.7. The average molecular weight is 880 g/mol.